The molecule has 9 nitrogen and oxygen atoms in total. The third-order valence-electron chi connectivity index (χ3n) is 13.6. The second kappa shape index (κ2) is 55.5. The number of ether oxygens (including phenoxy) is 2. The van der Waals surface area contributed by atoms with E-state index in [0.717, 1.165) is 64.2 Å². The van der Waals surface area contributed by atoms with Crippen molar-refractivity contribution < 1.29 is 42.1 Å². The predicted molar refractivity (Wildman–Crippen MR) is 316 cm³/mol. The van der Waals surface area contributed by atoms with Crippen molar-refractivity contribution in [2.75, 3.05) is 47.5 Å². The Bertz CT molecular complexity index is 1430. The molecule has 74 heavy (non-hydrogen) atoms. The van der Waals surface area contributed by atoms with Crippen LogP contribution >= 0.6 is 7.82 Å². The molecule has 0 fully saturated rings. The molecule has 0 amide bonds. The maximum atomic E-state index is 12.8. The van der Waals surface area contributed by atoms with Crippen LogP contribution in [-0.2, 0) is 32.7 Å². The Morgan fingerprint density at radius 3 is 1.15 bits per heavy atom. The number of allylic oxidation sites excluding steroid dienone is 10. The smallest absolute Gasteiger partial charge is 0.462 e. The van der Waals surface area contributed by atoms with E-state index in [1.165, 1.54) is 186 Å². The summed E-state index contributed by atoms with van der Waals surface area (Å²) in [4.78, 5) is 35.6. The van der Waals surface area contributed by atoms with Gasteiger partial charge >= 0.3 is 19.8 Å². The zero-order valence-corrected chi connectivity index (χ0v) is 50.0. The number of unbranched alkanes of at least 4 members (excludes halogenated alkanes) is 33. The van der Waals surface area contributed by atoms with E-state index in [-0.39, 0.29) is 25.6 Å². The summed E-state index contributed by atoms with van der Waals surface area (Å²) in [6.45, 7) is 4.35. The van der Waals surface area contributed by atoms with Gasteiger partial charge in [0.1, 0.15) is 19.8 Å². The molecule has 0 aromatic rings. The topological polar surface area (TPSA) is 108 Å². The molecule has 0 rings (SSSR count). The SMILES string of the molecule is CC/C=C\C/C=C\C/C=C\C/C=C\C/C=C\CCCCCCCCCCCCCCCCCCCCCCCC(=O)OC(COC(=O)CCCCCCCCCCCCCCC)COP(=O)(O)OCC[N+](C)(C)C. The first kappa shape index (κ1) is 71.7. The van der Waals surface area contributed by atoms with Crippen molar-refractivity contribution in [2.45, 2.75) is 290 Å². The highest BCUT2D eigenvalue weighted by atomic mass is 31.2. The molecule has 0 aromatic heterocycles. The van der Waals surface area contributed by atoms with E-state index in [0.29, 0.717) is 23.9 Å². The van der Waals surface area contributed by atoms with E-state index in [2.05, 4.69) is 74.6 Å². The van der Waals surface area contributed by atoms with Gasteiger partial charge in [0.15, 0.2) is 6.10 Å². The summed E-state index contributed by atoms with van der Waals surface area (Å²) in [7, 11) is 1.49. The Morgan fingerprint density at radius 1 is 0.432 bits per heavy atom. The molecule has 10 heteroatoms. The summed E-state index contributed by atoms with van der Waals surface area (Å²) in [5.74, 6) is -0.784. The number of rotatable bonds is 57. The first-order chi connectivity index (χ1) is 36.0. The van der Waals surface area contributed by atoms with Crippen molar-refractivity contribution in [3.8, 4) is 0 Å². The van der Waals surface area contributed by atoms with Crippen LogP contribution in [0.2, 0.25) is 0 Å². The van der Waals surface area contributed by atoms with E-state index in [9.17, 15) is 19.0 Å². The second-order valence-corrected chi connectivity index (χ2v) is 23.5. The summed E-state index contributed by atoms with van der Waals surface area (Å²) in [5.41, 5.74) is 0. The van der Waals surface area contributed by atoms with Crippen LogP contribution in [0, 0.1) is 0 Å². The zero-order chi connectivity index (χ0) is 54.2. The van der Waals surface area contributed by atoms with E-state index >= 15 is 0 Å². The fourth-order valence-corrected chi connectivity index (χ4v) is 9.55. The molecular formula is C64H119NO8P+. The molecule has 0 aliphatic carbocycles. The molecule has 0 aliphatic heterocycles. The van der Waals surface area contributed by atoms with Gasteiger partial charge < -0.3 is 18.9 Å². The molecule has 2 atom stereocenters. The van der Waals surface area contributed by atoms with Gasteiger partial charge in [-0.25, -0.2) is 4.57 Å². The average molecular weight is 1060 g/mol. The van der Waals surface area contributed by atoms with Gasteiger partial charge in [-0.3, -0.25) is 18.6 Å². The number of carbonyl (C=O) groups is 2. The number of phosphoric acid groups is 1. The normalized spacial score (nSPS) is 13.6. The summed E-state index contributed by atoms with van der Waals surface area (Å²) in [5, 5.41) is 0. The van der Waals surface area contributed by atoms with Crippen molar-refractivity contribution in [1.29, 1.82) is 0 Å². The van der Waals surface area contributed by atoms with Crippen LogP contribution in [0.4, 0.5) is 0 Å². The maximum absolute atomic E-state index is 12.8. The largest absolute Gasteiger partial charge is 0.472 e. The summed E-state index contributed by atoms with van der Waals surface area (Å²) < 4.78 is 34.6. The van der Waals surface area contributed by atoms with Crippen LogP contribution in [0.1, 0.15) is 284 Å². The maximum Gasteiger partial charge on any atom is 0.472 e. The fraction of sp³-hybridized carbons (Fsp3) is 0.812. The summed E-state index contributed by atoms with van der Waals surface area (Å²) in [6.07, 6.45) is 71.7. The number of esters is 2. The number of likely N-dealkylation sites (N-methyl/N-ethyl adjacent to an activating group) is 1. The highest BCUT2D eigenvalue weighted by molar-refractivity contribution is 7.47. The highest BCUT2D eigenvalue weighted by Crippen LogP contribution is 2.43. The Labute approximate surface area is 457 Å². The van der Waals surface area contributed by atoms with Crippen molar-refractivity contribution in [2.24, 2.45) is 0 Å². The van der Waals surface area contributed by atoms with Crippen LogP contribution in [0.3, 0.4) is 0 Å². The van der Waals surface area contributed by atoms with Crippen molar-refractivity contribution in [1.82, 2.24) is 0 Å². The van der Waals surface area contributed by atoms with Gasteiger partial charge in [-0.1, -0.05) is 274 Å². The lowest BCUT2D eigenvalue weighted by Gasteiger charge is -2.24. The fourth-order valence-electron chi connectivity index (χ4n) is 8.81. The minimum Gasteiger partial charge on any atom is -0.462 e. The van der Waals surface area contributed by atoms with Crippen molar-refractivity contribution in [3.63, 3.8) is 0 Å². The van der Waals surface area contributed by atoms with Crippen molar-refractivity contribution in [3.05, 3.63) is 60.8 Å². The number of hydrogen-bond donors (Lipinski definition) is 1. The molecule has 0 saturated carbocycles. The molecule has 1 N–H and O–H groups in total. The molecule has 0 saturated heterocycles. The standard InChI is InChI=1S/C64H118NO8P/c1-6-8-10-12-14-16-18-20-21-22-23-24-25-26-27-28-29-30-31-32-33-34-35-36-37-38-39-40-41-42-43-45-47-49-51-53-55-57-64(67)73-62(61-72-74(68,69)71-59-58-65(3,4)5)60-70-63(66)56-54-52-50-48-46-44-19-17-15-13-11-9-7-2/h8,10,14,16,20-21,23-24,26-27,62H,6-7,9,11-13,15,17-19,22,25,28-61H2,1-5H3/p+1/b10-8-,16-14-,21-20-,24-23-,27-26-. The number of hydrogen-bond acceptors (Lipinski definition) is 7. The van der Waals surface area contributed by atoms with Gasteiger partial charge in [0.25, 0.3) is 0 Å². The molecule has 2 unspecified atom stereocenters. The number of nitrogens with zero attached hydrogens (tertiary/aromatic N) is 1. The molecule has 432 valence electrons. The monoisotopic (exact) mass is 1060 g/mol. The average Bonchev–Trinajstić information content (AvgIpc) is 3.36. The molecular weight excluding hydrogens is 942 g/mol. The quantitative estimate of drug-likeness (QED) is 0.0211. The van der Waals surface area contributed by atoms with Gasteiger partial charge in [0, 0.05) is 12.8 Å². The number of quaternary nitrogens is 1. The van der Waals surface area contributed by atoms with E-state index in [1.54, 1.807) is 0 Å². The predicted octanol–water partition coefficient (Wildman–Crippen LogP) is 19.5. The molecule has 0 bridgehead atoms. The van der Waals surface area contributed by atoms with Crippen LogP contribution in [-0.4, -0.2) is 74.9 Å². The molecule has 0 radical (unpaired) electrons. The van der Waals surface area contributed by atoms with E-state index in [4.69, 9.17) is 18.5 Å². The first-order valence-electron chi connectivity index (χ1n) is 31.0. The third-order valence-corrected chi connectivity index (χ3v) is 14.5. The van der Waals surface area contributed by atoms with Crippen LogP contribution in [0.25, 0.3) is 0 Å². The molecule has 0 heterocycles. The van der Waals surface area contributed by atoms with Gasteiger partial charge in [0.05, 0.1) is 27.7 Å². The Kier molecular flexibility index (Phi) is 53.7. The summed E-state index contributed by atoms with van der Waals surface area (Å²) in [6, 6.07) is 0. The van der Waals surface area contributed by atoms with E-state index < -0.39 is 26.5 Å². The van der Waals surface area contributed by atoms with Gasteiger partial charge in [0.2, 0.25) is 0 Å². The van der Waals surface area contributed by atoms with Crippen LogP contribution in [0.15, 0.2) is 60.8 Å². The van der Waals surface area contributed by atoms with E-state index in [1.807, 2.05) is 21.1 Å². The van der Waals surface area contributed by atoms with Gasteiger partial charge in [-0.2, -0.15) is 0 Å². The zero-order valence-electron chi connectivity index (χ0n) is 49.1. The Hall–Kier alpha value is -2.29. The molecule has 0 aliphatic rings. The lowest BCUT2D eigenvalue weighted by molar-refractivity contribution is -0.870. The molecule has 0 spiro atoms. The van der Waals surface area contributed by atoms with Gasteiger partial charge in [-0.05, 0) is 57.8 Å². The Balaban J connectivity index is 3.93. The number of phosphoric ester groups is 1. The second-order valence-electron chi connectivity index (χ2n) is 22.1. The lowest BCUT2D eigenvalue weighted by Crippen LogP contribution is -2.37. The Morgan fingerprint density at radius 2 is 0.770 bits per heavy atom. The highest BCUT2D eigenvalue weighted by Gasteiger charge is 2.27. The molecule has 0 aromatic carbocycles. The minimum absolute atomic E-state index is 0.0338. The van der Waals surface area contributed by atoms with Crippen LogP contribution in [0.5, 0.6) is 0 Å². The van der Waals surface area contributed by atoms with Crippen molar-refractivity contribution >= 4 is 19.8 Å². The van der Waals surface area contributed by atoms with Gasteiger partial charge in [-0.15, -0.1) is 0 Å². The minimum atomic E-state index is -4.38. The lowest BCUT2D eigenvalue weighted by atomic mass is 10.0. The third kappa shape index (κ3) is 59.0. The van der Waals surface area contributed by atoms with Crippen LogP contribution < -0.4 is 0 Å². The summed E-state index contributed by atoms with van der Waals surface area (Å²) >= 11 is 0. The number of carbonyl (C=O) groups excluding carboxylic acids is 2. The first-order valence-corrected chi connectivity index (χ1v) is 32.5.